The summed E-state index contributed by atoms with van der Waals surface area (Å²) >= 11 is 0. The van der Waals surface area contributed by atoms with Gasteiger partial charge in [-0.15, -0.1) is 0 Å². The van der Waals surface area contributed by atoms with Gasteiger partial charge < -0.3 is 9.84 Å². The highest BCUT2D eigenvalue weighted by Gasteiger charge is 2.31. The molecule has 2 fully saturated rings. The molecule has 0 spiro atoms. The lowest BCUT2D eigenvalue weighted by Gasteiger charge is -2.35. The molecule has 2 atom stereocenters. The number of piperidine rings is 1. The Labute approximate surface area is 142 Å². The summed E-state index contributed by atoms with van der Waals surface area (Å²) in [6, 6.07) is 11.5. The van der Waals surface area contributed by atoms with Gasteiger partial charge in [-0.2, -0.15) is 0 Å². The fourth-order valence-electron chi connectivity index (χ4n) is 3.98. The van der Waals surface area contributed by atoms with Crippen molar-refractivity contribution in [3.63, 3.8) is 0 Å². The lowest BCUT2D eigenvalue weighted by Crippen LogP contribution is -2.45. The predicted octanol–water partition coefficient (Wildman–Crippen LogP) is 3.23. The number of carbonyl (C=O) groups is 1. The van der Waals surface area contributed by atoms with Gasteiger partial charge in [-0.3, -0.25) is 9.69 Å². The zero-order chi connectivity index (χ0) is 16.5. The van der Waals surface area contributed by atoms with Gasteiger partial charge in [0.25, 0.3) is 0 Å². The van der Waals surface area contributed by atoms with E-state index in [-0.39, 0.29) is 17.5 Å². The van der Waals surface area contributed by atoms with Crippen LogP contribution in [0.25, 0.3) is 10.8 Å². The number of benzene rings is 2. The Kier molecular flexibility index (Phi) is 4.25. The molecule has 0 radical (unpaired) electrons. The molecule has 0 bridgehead atoms. The number of hydrogen-bond acceptors (Lipinski definition) is 4. The Balaban J connectivity index is 1.53. The van der Waals surface area contributed by atoms with E-state index in [4.69, 9.17) is 4.74 Å². The third-order valence-corrected chi connectivity index (χ3v) is 5.35. The number of hydrogen-bond donors (Lipinski definition) is 1. The van der Waals surface area contributed by atoms with Crippen LogP contribution in [0.3, 0.4) is 0 Å². The van der Waals surface area contributed by atoms with Gasteiger partial charge in [-0.25, -0.2) is 0 Å². The third-order valence-electron chi connectivity index (χ3n) is 5.35. The number of phenols is 1. The van der Waals surface area contributed by atoms with Crippen LogP contribution < -0.4 is 0 Å². The molecule has 4 rings (SSSR count). The molecular weight excluding hydrogens is 302 g/mol. The molecule has 0 aliphatic carbocycles. The number of likely N-dealkylation sites (tertiary alicyclic amines) is 1. The first-order valence-corrected chi connectivity index (χ1v) is 8.79. The number of rotatable bonds is 3. The average Bonchev–Trinajstić information content (AvgIpc) is 3.15. The number of aromatic hydroxyl groups is 1. The van der Waals surface area contributed by atoms with Crippen molar-refractivity contribution in [3.8, 4) is 5.75 Å². The number of nitrogens with zero attached hydrogens (tertiary/aromatic N) is 1. The monoisotopic (exact) mass is 325 g/mol. The highest BCUT2D eigenvalue weighted by Crippen LogP contribution is 2.27. The number of ketones is 1. The first-order valence-electron chi connectivity index (χ1n) is 8.79. The van der Waals surface area contributed by atoms with Crippen LogP contribution in [0.5, 0.6) is 5.75 Å². The third kappa shape index (κ3) is 3.04. The van der Waals surface area contributed by atoms with E-state index in [9.17, 15) is 9.90 Å². The van der Waals surface area contributed by atoms with Gasteiger partial charge in [0.2, 0.25) is 0 Å². The van der Waals surface area contributed by atoms with Crippen LogP contribution in [0.4, 0.5) is 0 Å². The number of carbonyl (C=O) groups excluding carboxylic acids is 1. The molecule has 24 heavy (non-hydrogen) atoms. The van der Waals surface area contributed by atoms with Crippen molar-refractivity contribution in [1.82, 2.24) is 4.90 Å². The summed E-state index contributed by atoms with van der Waals surface area (Å²) in [4.78, 5) is 15.4. The predicted molar refractivity (Wildman–Crippen MR) is 93.5 cm³/mol. The molecule has 2 aromatic rings. The van der Waals surface area contributed by atoms with Crippen LogP contribution in [0, 0.1) is 5.92 Å². The van der Waals surface area contributed by atoms with Crippen LogP contribution in [0.15, 0.2) is 36.4 Å². The lowest BCUT2D eigenvalue weighted by molar-refractivity contribution is 0.0723. The highest BCUT2D eigenvalue weighted by atomic mass is 16.5. The summed E-state index contributed by atoms with van der Waals surface area (Å²) in [6.45, 7) is 3.58. The second-order valence-corrected chi connectivity index (χ2v) is 6.96. The summed E-state index contributed by atoms with van der Waals surface area (Å²) in [7, 11) is 0. The van der Waals surface area contributed by atoms with Crippen molar-refractivity contribution in [2.45, 2.75) is 25.3 Å². The minimum Gasteiger partial charge on any atom is -0.508 e. The van der Waals surface area contributed by atoms with E-state index in [0.717, 1.165) is 61.9 Å². The van der Waals surface area contributed by atoms with E-state index in [1.807, 2.05) is 24.3 Å². The van der Waals surface area contributed by atoms with Gasteiger partial charge in [0, 0.05) is 30.7 Å². The van der Waals surface area contributed by atoms with E-state index >= 15 is 0 Å². The Morgan fingerprint density at radius 1 is 1.12 bits per heavy atom. The average molecular weight is 325 g/mol. The van der Waals surface area contributed by atoms with Crippen molar-refractivity contribution >= 4 is 16.6 Å². The lowest BCUT2D eigenvalue weighted by atomic mass is 9.88. The largest absolute Gasteiger partial charge is 0.508 e. The maximum Gasteiger partial charge on any atom is 0.167 e. The first kappa shape index (κ1) is 15.6. The van der Waals surface area contributed by atoms with Gasteiger partial charge in [0.15, 0.2) is 5.78 Å². The number of ether oxygens (including phenoxy) is 1. The van der Waals surface area contributed by atoms with Crippen LogP contribution in [-0.2, 0) is 4.74 Å². The smallest absolute Gasteiger partial charge is 0.167 e. The Hall–Kier alpha value is -1.91. The van der Waals surface area contributed by atoms with Crippen LogP contribution in [-0.4, -0.2) is 48.1 Å². The molecule has 2 heterocycles. The number of Topliss-reactive ketones (excluding diaryl/α,β-unsaturated/α-hetero) is 1. The van der Waals surface area contributed by atoms with Crippen LogP contribution in [0.1, 0.15) is 29.6 Å². The molecule has 4 heteroatoms. The van der Waals surface area contributed by atoms with Gasteiger partial charge in [0.05, 0.1) is 6.61 Å². The molecule has 2 aromatic carbocycles. The summed E-state index contributed by atoms with van der Waals surface area (Å²) in [5.74, 6) is 0.575. The molecule has 2 aliphatic heterocycles. The van der Waals surface area contributed by atoms with Crippen molar-refractivity contribution in [1.29, 1.82) is 0 Å². The van der Waals surface area contributed by atoms with Crippen molar-refractivity contribution in [2.24, 2.45) is 5.92 Å². The molecule has 1 N–H and O–H groups in total. The molecule has 2 saturated heterocycles. The second-order valence-electron chi connectivity index (χ2n) is 6.96. The molecule has 4 nitrogen and oxygen atoms in total. The SMILES string of the molecule is O=C(c1ccc2cc(O)ccc2c1)C1CCCN(C2CCOC2)C1. The van der Waals surface area contributed by atoms with Gasteiger partial charge in [-0.1, -0.05) is 18.2 Å². The van der Waals surface area contributed by atoms with E-state index in [1.54, 1.807) is 12.1 Å². The molecule has 2 aliphatic rings. The van der Waals surface area contributed by atoms with E-state index in [1.165, 1.54) is 0 Å². The summed E-state index contributed by atoms with van der Waals surface area (Å²) in [5, 5.41) is 11.5. The highest BCUT2D eigenvalue weighted by molar-refractivity contribution is 6.01. The molecule has 126 valence electrons. The zero-order valence-corrected chi connectivity index (χ0v) is 13.8. The second kappa shape index (κ2) is 6.54. The van der Waals surface area contributed by atoms with Crippen LogP contribution in [0.2, 0.25) is 0 Å². The summed E-state index contributed by atoms with van der Waals surface area (Å²) < 4.78 is 5.50. The Morgan fingerprint density at radius 3 is 2.79 bits per heavy atom. The maximum atomic E-state index is 13.0. The fourth-order valence-corrected chi connectivity index (χ4v) is 3.98. The topological polar surface area (TPSA) is 49.8 Å². The van der Waals surface area contributed by atoms with Crippen molar-refractivity contribution in [2.75, 3.05) is 26.3 Å². The van der Waals surface area contributed by atoms with Crippen LogP contribution >= 0.6 is 0 Å². The van der Waals surface area contributed by atoms with E-state index in [2.05, 4.69) is 4.90 Å². The molecule has 0 saturated carbocycles. The maximum absolute atomic E-state index is 13.0. The minimum absolute atomic E-state index is 0.0777. The first-order chi connectivity index (χ1) is 11.7. The normalized spacial score (nSPS) is 25.2. The molecule has 2 unspecified atom stereocenters. The Bertz CT molecular complexity index is 752. The van der Waals surface area contributed by atoms with Crippen molar-refractivity contribution < 1.29 is 14.6 Å². The molecule has 0 amide bonds. The number of fused-ring (bicyclic) bond motifs is 1. The molecule has 0 aromatic heterocycles. The van der Waals surface area contributed by atoms with Gasteiger partial charge in [0.1, 0.15) is 5.75 Å². The summed E-state index contributed by atoms with van der Waals surface area (Å²) in [5.41, 5.74) is 0.780. The quantitative estimate of drug-likeness (QED) is 0.880. The van der Waals surface area contributed by atoms with E-state index in [0.29, 0.717) is 6.04 Å². The van der Waals surface area contributed by atoms with Gasteiger partial charge >= 0.3 is 0 Å². The standard InChI is InChI=1S/C20H23NO3/c22-19-6-5-14-10-16(4-3-15(14)11-19)20(23)17-2-1-8-21(12-17)18-7-9-24-13-18/h3-6,10-11,17-18,22H,1-2,7-9,12-13H2. The number of phenolic OH excluding ortho intramolecular Hbond substituents is 1. The summed E-state index contributed by atoms with van der Waals surface area (Å²) in [6.07, 6.45) is 3.13. The minimum atomic E-state index is 0.0777. The van der Waals surface area contributed by atoms with E-state index < -0.39 is 0 Å². The Morgan fingerprint density at radius 2 is 1.96 bits per heavy atom. The fraction of sp³-hybridized carbons (Fsp3) is 0.450. The molecular formula is C20H23NO3. The van der Waals surface area contributed by atoms with Crippen molar-refractivity contribution in [3.05, 3.63) is 42.0 Å². The zero-order valence-electron chi connectivity index (χ0n) is 13.8. The van der Waals surface area contributed by atoms with Gasteiger partial charge in [-0.05, 0) is 54.8 Å².